The van der Waals surface area contributed by atoms with E-state index < -0.39 is 6.09 Å². The summed E-state index contributed by atoms with van der Waals surface area (Å²) in [7, 11) is 0. The van der Waals surface area contributed by atoms with Crippen molar-refractivity contribution < 1.29 is 19.1 Å². The molecule has 0 spiro atoms. The van der Waals surface area contributed by atoms with E-state index in [0.717, 1.165) is 22.9 Å². The summed E-state index contributed by atoms with van der Waals surface area (Å²) in [4.78, 5) is 27.5. The summed E-state index contributed by atoms with van der Waals surface area (Å²) in [6, 6.07) is 12.6. The SMILES string of the molecule is CCC(CC)OC(=O)N[C@@H]1CCC(=O)N2c3cc(Br)ccc3Oc3ccccc3[C@H]12. The highest BCUT2D eigenvalue weighted by Crippen LogP contribution is 2.48. The van der Waals surface area contributed by atoms with Crippen molar-refractivity contribution >= 4 is 33.6 Å². The Morgan fingerprint density at radius 2 is 2.00 bits per heavy atom. The van der Waals surface area contributed by atoms with Gasteiger partial charge in [-0.05, 0) is 43.5 Å². The maximum atomic E-state index is 13.1. The lowest BCUT2D eigenvalue weighted by Gasteiger charge is -2.40. The van der Waals surface area contributed by atoms with Crippen molar-refractivity contribution in [1.82, 2.24) is 5.32 Å². The van der Waals surface area contributed by atoms with Gasteiger partial charge in [0.1, 0.15) is 11.9 Å². The van der Waals surface area contributed by atoms with Crippen LogP contribution in [0.25, 0.3) is 0 Å². The van der Waals surface area contributed by atoms with Gasteiger partial charge in [0.05, 0.1) is 17.8 Å². The lowest BCUT2D eigenvalue weighted by atomic mass is 9.89. The second-order valence-electron chi connectivity index (χ2n) is 7.59. The molecule has 0 bridgehead atoms. The number of hydrogen-bond acceptors (Lipinski definition) is 4. The van der Waals surface area contributed by atoms with Crippen LogP contribution in [0, 0.1) is 0 Å². The Bertz CT molecular complexity index is 960. The zero-order chi connectivity index (χ0) is 21.3. The van der Waals surface area contributed by atoms with Gasteiger partial charge in [0.25, 0.3) is 0 Å². The van der Waals surface area contributed by atoms with Gasteiger partial charge in [0, 0.05) is 16.5 Å². The van der Waals surface area contributed by atoms with Crippen molar-refractivity contribution in [2.24, 2.45) is 0 Å². The maximum absolute atomic E-state index is 13.1. The number of amides is 2. The Morgan fingerprint density at radius 3 is 2.77 bits per heavy atom. The van der Waals surface area contributed by atoms with Gasteiger partial charge in [-0.1, -0.05) is 48.0 Å². The van der Waals surface area contributed by atoms with E-state index in [0.29, 0.717) is 30.0 Å². The number of piperidine rings is 1. The van der Waals surface area contributed by atoms with Crippen LogP contribution in [-0.2, 0) is 9.53 Å². The van der Waals surface area contributed by atoms with Crippen molar-refractivity contribution in [1.29, 1.82) is 0 Å². The number of halogens is 1. The molecule has 2 aromatic rings. The van der Waals surface area contributed by atoms with E-state index in [9.17, 15) is 9.59 Å². The summed E-state index contributed by atoms with van der Waals surface area (Å²) in [5.41, 5.74) is 1.56. The molecule has 0 saturated carbocycles. The quantitative estimate of drug-likeness (QED) is 0.618. The lowest BCUT2D eigenvalue weighted by Crippen LogP contribution is -2.52. The third-order valence-electron chi connectivity index (χ3n) is 5.72. The van der Waals surface area contributed by atoms with Crippen LogP contribution in [-0.4, -0.2) is 24.1 Å². The van der Waals surface area contributed by atoms with Gasteiger partial charge in [0.2, 0.25) is 5.91 Å². The van der Waals surface area contributed by atoms with Crippen molar-refractivity contribution in [2.45, 2.75) is 57.7 Å². The van der Waals surface area contributed by atoms with Crippen molar-refractivity contribution in [3.05, 3.63) is 52.5 Å². The lowest BCUT2D eigenvalue weighted by molar-refractivity contribution is -0.120. The smallest absolute Gasteiger partial charge is 0.407 e. The van der Waals surface area contributed by atoms with E-state index in [1.165, 1.54) is 0 Å². The molecule has 2 aliphatic heterocycles. The highest BCUT2D eigenvalue weighted by molar-refractivity contribution is 9.10. The van der Waals surface area contributed by atoms with Crippen molar-refractivity contribution in [2.75, 3.05) is 4.90 Å². The van der Waals surface area contributed by atoms with E-state index >= 15 is 0 Å². The highest BCUT2D eigenvalue weighted by atomic mass is 79.9. The average Bonchev–Trinajstić information content (AvgIpc) is 2.89. The Labute approximate surface area is 184 Å². The molecule has 0 unspecified atom stereocenters. The van der Waals surface area contributed by atoms with Gasteiger partial charge < -0.3 is 14.8 Å². The van der Waals surface area contributed by atoms with Gasteiger partial charge in [-0.2, -0.15) is 0 Å². The summed E-state index contributed by atoms with van der Waals surface area (Å²) in [5.74, 6) is 1.30. The van der Waals surface area contributed by atoms with Gasteiger partial charge in [0.15, 0.2) is 5.75 Å². The number of carbonyl (C=O) groups excluding carboxylic acids is 2. The molecule has 2 heterocycles. The molecule has 4 rings (SSSR count). The van der Waals surface area contributed by atoms with Crippen LogP contribution in [0.5, 0.6) is 11.5 Å². The second-order valence-corrected chi connectivity index (χ2v) is 8.51. The minimum absolute atomic E-state index is 0.00561. The number of ether oxygens (including phenoxy) is 2. The predicted octanol–water partition coefficient (Wildman–Crippen LogP) is 5.71. The van der Waals surface area contributed by atoms with E-state index in [-0.39, 0.29) is 24.1 Å². The fourth-order valence-electron chi connectivity index (χ4n) is 4.18. The monoisotopic (exact) mass is 472 g/mol. The molecule has 30 heavy (non-hydrogen) atoms. The van der Waals surface area contributed by atoms with Gasteiger partial charge in [-0.25, -0.2) is 4.79 Å². The van der Waals surface area contributed by atoms with Crippen LogP contribution >= 0.6 is 15.9 Å². The third kappa shape index (κ3) is 3.90. The molecule has 7 heteroatoms. The number of para-hydroxylation sites is 1. The van der Waals surface area contributed by atoms with Crippen LogP contribution in [0.4, 0.5) is 10.5 Å². The molecule has 2 aromatic carbocycles. The summed E-state index contributed by atoms with van der Waals surface area (Å²) >= 11 is 3.50. The number of anilines is 1. The number of hydrogen-bond donors (Lipinski definition) is 1. The average molecular weight is 473 g/mol. The number of carbonyl (C=O) groups is 2. The van der Waals surface area contributed by atoms with Crippen LogP contribution in [0.2, 0.25) is 0 Å². The first-order valence-electron chi connectivity index (χ1n) is 10.4. The van der Waals surface area contributed by atoms with E-state index in [1.54, 1.807) is 4.90 Å². The zero-order valence-corrected chi connectivity index (χ0v) is 18.6. The van der Waals surface area contributed by atoms with Crippen molar-refractivity contribution in [3.63, 3.8) is 0 Å². The van der Waals surface area contributed by atoms with E-state index in [1.807, 2.05) is 56.3 Å². The Morgan fingerprint density at radius 1 is 1.23 bits per heavy atom. The second kappa shape index (κ2) is 8.68. The number of rotatable bonds is 4. The minimum atomic E-state index is -0.444. The summed E-state index contributed by atoms with van der Waals surface area (Å²) in [6.07, 6.45) is 1.84. The Balaban J connectivity index is 1.74. The van der Waals surface area contributed by atoms with E-state index in [2.05, 4.69) is 21.2 Å². The van der Waals surface area contributed by atoms with Crippen LogP contribution < -0.4 is 15.0 Å². The number of nitrogens with one attached hydrogen (secondary N) is 1. The summed E-state index contributed by atoms with van der Waals surface area (Å²) in [5, 5.41) is 3.03. The maximum Gasteiger partial charge on any atom is 0.407 e. The summed E-state index contributed by atoms with van der Waals surface area (Å²) in [6.45, 7) is 3.99. The van der Waals surface area contributed by atoms with E-state index in [4.69, 9.17) is 9.47 Å². The topological polar surface area (TPSA) is 67.9 Å². The molecule has 158 valence electrons. The summed E-state index contributed by atoms with van der Waals surface area (Å²) < 4.78 is 12.6. The normalized spacial score (nSPS) is 19.9. The minimum Gasteiger partial charge on any atom is -0.455 e. The molecule has 0 aromatic heterocycles. The largest absolute Gasteiger partial charge is 0.455 e. The molecule has 0 aliphatic carbocycles. The molecule has 1 saturated heterocycles. The fraction of sp³-hybridized carbons (Fsp3) is 0.391. The molecule has 2 aliphatic rings. The molecule has 0 radical (unpaired) electrons. The first kappa shape index (κ1) is 20.7. The standard InChI is InChI=1S/C23H25BrN2O4/c1-3-15(4-2)29-23(28)25-17-10-12-21(27)26-18-13-14(24)9-11-20(18)30-19-8-6-5-7-16(19)22(17)26/h5-9,11,13,15,17,22H,3-4,10,12H2,1-2H3,(H,25,28)/t17-,22-/m1/s1. The number of nitrogens with zero attached hydrogens (tertiary/aromatic N) is 1. The highest BCUT2D eigenvalue weighted by Gasteiger charge is 2.43. The molecule has 6 nitrogen and oxygen atoms in total. The Kier molecular flexibility index (Phi) is 5.99. The third-order valence-corrected chi connectivity index (χ3v) is 6.22. The predicted molar refractivity (Wildman–Crippen MR) is 118 cm³/mol. The molecule has 2 amide bonds. The van der Waals surface area contributed by atoms with Crippen molar-refractivity contribution in [3.8, 4) is 11.5 Å². The molecule has 1 fully saturated rings. The molecular weight excluding hydrogens is 448 g/mol. The first-order chi connectivity index (χ1) is 14.5. The number of fused-ring (bicyclic) bond motifs is 5. The number of benzene rings is 2. The fourth-order valence-corrected chi connectivity index (χ4v) is 4.53. The molecule has 1 N–H and O–H groups in total. The van der Waals surface area contributed by atoms with Crippen LogP contribution in [0.3, 0.4) is 0 Å². The first-order valence-corrected chi connectivity index (χ1v) is 11.2. The van der Waals surface area contributed by atoms with Crippen LogP contribution in [0.15, 0.2) is 46.9 Å². The van der Waals surface area contributed by atoms with Gasteiger partial charge in [-0.3, -0.25) is 9.69 Å². The molecular formula is C23H25BrN2O4. The van der Waals surface area contributed by atoms with Gasteiger partial charge >= 0.3 is 6.09 Å². The Hall–Kier alpha value is -2.54. The molecule has 2 atom stereocenters. The zero-order valence-electron chi connectivity index (χ0n) is 17.1. The van der Waals surface area contributed by atoms with Gasteiger partial charge in [-0.15, -0.1) is 0 Å². The number of alkyl carbamates (subject to hydrolysis) is 1. The van der Waals surface area contributed by atoms with Crippen LogP contribution in [0.1, 0.15) is 51.1 Å².